The number of carbonyl (C=O) groups is 1. The van der Waals surface area contributed by atoms with Crippen molar-refractivity contribution in [3.63, 3.8) is 0 Å². The Bertz CT molecular complexity index is 222. The summed E-state index contributed by atoms with van der Waals surface area (Å²) in [5.41, 5.74) is 0. The number of nitrogens with one attached hydrogen (secondary N) is 1. The van der Waals surface area contributed by atoms with Gasteiger partial charge in [-0.3, -0.25) is 4.79 Å². The molecule has 0 amide bonds. The zero-order valence-electron chi connectivity index (χ0n) is 11.2. The highest BCUT2D eigenvalue weighted by Gasteiger charge is 2.17. The molecule has 0 aliphatic heterocycles. The normalized spacial score (nSPS) is 18.8. The highest BCUT2D eigenvalue weighted by Crippen LogP contribution is 2.22. The van der Waals surface area contributed by atoms with Crippen LogP contribution in [-0.2, 0) is 4.79 Å². The summed E-state index contributed by atoms with van der Waals surface area (Å²) >= 11 is 0. The molecule has 1 atom stereocenters. The van der Waals surface area contributed by atoms with Crippen LogP contribution >= 0.6 is 0 Å². The van der Waals surface area contributed by atoms with Crippen LogP contribution in [0.2, 0.25) is 0 Å². The first-order valence-corrected chi connectivity index (χ1v) is 7.04. The van der Waals surface area contributed by atoms with E-state index in [1.807, 2.05) is 0 Å². The molecular formula is C14H27NO2. The first-order valence-electron chi connectivity index (χ1n) is 7.04. The molecule has 0 heterocycles. The maximum Gasteiger partial charge on any atom is 0.303 e. The van der Waals surface area contributed by atoms with Gasteiger partial charge in [-0.1, -0.05) is 26.7 Å². The fourth-order valence-corrected chi connectivity index (χ4v) is 2.72. The monoisotopic (exact) mass is 241 g/mol. The van der Waals surface area contributed by atoms with Crippen molar-refractivity contribution in [1.82, 2.24) is 5.32 Å². The minimum Gasteiger partial charge on any atom is -0.481 e. The number of rotatable bonds is 8. The van der Waals surface area contributed by atoms with Gasteiger partial charge in [0.1, 0.15) is 0 Å². The van der Waals surface area contributed by atoms with Crippen LogP contribution in [0, 0.1) is 11.8 Å². The zero-order valence-corrected chi connectivity index (χ0v) is 11.2. The van der Waals surface area contributed by atoms with Gasteiger partial charge in [-0.15, -0.1) is 0 Å². The van der Waals surface area contributed by atoms with Gasteiger partial charge in [0, 0.05) is 12.5 Å². The lowest BCUT2D eigenvalue weighted by Gasteiger charge is -2.21. The van der Waals surface area contributed by atoms with Crippen LogP contribution in [0.25, 0.3) is 0 Å². The van der Waals surface area contributed by atoms with Gasteiger partial charge in [0.15, 0.2) is 0 Å². The first kappa shape index (κ1) is 14.5. The average molecular weight is 241 g/mol. The van der Waals surface area contributed by atoms with Gasteiger partial charge in [-0.25, -0.2) is 0 Å². The number of carboxylic acids is 1. The molecule has 0 saturated heterocycles. The van der Waals surface area contributed by atoms with Crippen molar-refractivity contribution in [2.45, 2.75) is 64.8 Å². The second-order valence-corrected chi connectivity index (χ2v) is 5.66. The van der Waals surface area contributed by atoms with Gasteiger partial charge in [-0.2, -0.15) is 0 Å². The minimum absolute atomic E-state index is 0.312. The van der Waals surface area contributed by atoms with Crippen molar-refractivity contribution >= 4 is 5.97 Å². The van der Waals surface area contributed by atoms with Crippen LogP contribution in [0.1, 0.15) is 58.8 Å². The van der Waals surface area contributed by atoms with Crippen LogP contribution in [0.15, 0.2) is 0 Å². The van der Waals surface area contributed by atoms with E-state index in [1.54, 1.807) is 0 Å². The Balaban J connectivity index is 2.16. The Labute approximate surface area is 105 Å². The Kier molecular flexibility index (Phi) is 6.56. The summed E-state index contributed by atoms with van der Waals surface area (Å²) in [6.45, 7) is 5.44. The topological polar surface area (TPSA) is 49.3 Å². The molecule has 0 aromatic rings. The molecule has 0 aromatic carbocycles. The zero-order chi connectivity index (χ0) is 12.7. The summed E-state index contributed by atoms with van der Waals surface area (Å²) in [4.78, 5) is 10.6. The highest BCUT2D eigenvalue weighted by molar-refractivity contribution is 5.66. The van der Waals surface area contributed by atoms with Gasteiger partial charge in [0.05, 0.1) is 0 Å². The Morgan fingerprint density at radius 2 is 1.94 bits per heavy atom. The van der Waals surface area contributed by atoms with Crippen molar-refractivity contribution in [2.24, 2.45) is 11.8 Å². The second-order valence-electron chi connectivity index (χ2n) is 5.66. The van der Waals surface area contributed by atoms with E-state index >= 15 is 0 Å². The predicted octanol–water partition coefficient (Wildman–Crippen LogP) is 3.05. The van der Waals surface area contributed by atoms with Crippen molar-refractivity contribution < 1.29 is 9.90 Å². The Morgan fingerprint density at radius 3 is 2.47 bits per heavy atom. The van der Waals surface area contributed by atoms with E-state index in [0.717, 1.165) is 25.4 Å². The summed E-state index contributed by atoms with van der Waals surface area (Å²) in [7, 11) is 0. The van der Waals surface area contributed by atoms with Crippen LogP contribution in [0.4, 0.5) is 0 Å². The molecule has 0 radical (unpaired) electrons. The molecule has 1 rings (SSSR count). The molecule has 1 unspecified atom stereocenters. The van der Waals surface area contributed by atoms with E-state index in [9.17, 15) is 4.79 Å². The molecule has 1 fully saturated rings. The number of aliphatic carboxylic acids is 1. The molecule has 3 nitrogen and oxygen atoms in total. The molecule has 0 spiro atoms. The van der Waals surface area contributed by atoms with E-state index in [0.29, 0.717) is 18.3 Å². The van der Waals surface area contributed by atoms with Crippen LogP contribution in [-0.4, -0.2) is 23.7 Å². The Morgan fingerprint density at radius 1 is 1.29 bits per heavy atom. The van der Waals surface area contributed by atoms with Gasteiger partial charge >= 0.3 is 5.97 Å². The van der Waals surface area contributed by atoms with Crippen LogP contribution < -0.4 is 5.32 Å². The summed E-state index contributed by atoms with van der Waals surface area (Å²) in [5, 5.41) is 12.3. The third kappa shape index (κ3) is 6.06. The van der Waals surface area contributed by atoms with Gasteiger partial charge in [0.2, 0.25) is 0 Å². The maximum atomic E-state index is 10.6. The largest absolute Gasteiger partial charge is 0.481 e. The fourth-order valence-electron chi connectivity index (χ4n) is 2.72. The molecule has 1 aliphatic rings. The van der Waals surface area contributed by atoms with E-state index in [4.69, 9.17) is 5.11 Å². The van der Waals surface area contributed by atoms with Crippen molar-refractivity contribution in [3.8, 4) is 0 Å². The average Bonchev–Trinajstić information content (AvgIpc) is 2.74. The second kappa shape index (κ2) is 7.70. The molecule has 3 heteroatoms. The molecule has 0 aromatic heterocycles. The van der Waals surface area contributed by atoms with Crippen molar-refractivity contribution in [1.29, 1.82) is 0 Å². The van der Waals surface area contributed by atoms with Crippen molar-refractivity contribution in [3.05, 3.63) is 0 Å². The quantitative estimate of drug-likeness (QED) is 0.686. The highest BCUT2D eigenvalue weighted by atomic mass is 16.4. The third-order valence-corrected chi connectivity index (χ3v) is 3.98. The van der Waals surface area contributed by atoms with Crippen LogP contribution in [0.5, 0.6) is 0 Å². The number of hydrogen-bond acceptors (Lipinski definition) is 2. The SMILES string of the molecule is CC(C)C(CCNC1CCCC1)CCC(=O)O. The van der Waals surface area contributed by atoms with Crippen LogP contribution in [0.3, 0.4) is 0 Å². The Hall–Kier alpha value is -0.570. The molecule has 2 N–H and O–H groups in total. The summed E-state index contributed by atoms with van der Waals surface area (Å²) in [6.07, 6.45) is 7.62. The lowest BCUT2D eigenvalue weighted by atomic mass is 9.88. The smallest absolute Gasteiger partial charge is 0.303 e. The minimum atomic E-state index is -0.667. The van der Waals surface area contributed by atoms with E-state index in [-0.39, 0.29) is 0 Å². The summed E-state index contributed by atoms with van der Waals surface area (Å²) in [5.74, 6) is 0.458. The molecule has 0 bridgehead atoms. The molecule has 1 saturated carbocycles. The number of hydrogen-bond donors (Lipinski definition) is 2. The van der Waals surface area contributed by atoms with Crippen molar-refractivity contribution in [2.75, 3.05) is 6.54 Å². The van der Waals surface area contributed by atoms with Gasteiger partial charge in [-0.05, 0) is 44.1 Å². The van der Waals surface area contributed by atoms with E-state index < -0.39 is 5.97 Å². The molecule has 100 valence electrons. The van der Waals surface area contributed by atoms with Gasteiger partial charge in [0.25, 0.3) is 0 Å². The van der Waals surface area contributed by atoms with Gasteiger partial charge < -0.3 is 10.4 Å². The predicted molar refractivity (Wildman–Crippen MR) is 70.1 cm³/mol. The summed E-state index contributed by atoms with van der Waals surface area (Å²) < 4.78 is 0. The third-order valence-electron chi connectivity index (χ3n) is 3.98. The lowest BCUT2D eigenvalue weighted by molar-refractivity contribution is -0.137. The van der Waals surface area contributed by atoms with E-state index in [1.165, 1.54) is 25.7 Å². The molecular weight excluding hydrogens is 214 g/mol. The maximum absolute atomic E-state index is 10.6. The first-order chi connectivity index (χ1) is 8.09. The fraction of sp³-hybridized carbons (Fsp3) is 0.929. The number of carboxylic acid groups (broad SMARTS) is 1. The van der Waals surface area contributed by atoms with E-state index in [2.05, 4.69) is 19.2 Å². The summed E-state index contributed by atoms with van der Waals surface area (Å²) in [6, 6.07) is 0.724. The molecule has 1 aliphatic carbocycles. The lowest BCUT2D eigenvalue weighted by Crippen LogP contribution is -2.29. The standard InChI is InChI=1S/C14H27NO2/c1-11(2)12(7-8-14(16)17)9-10-15-13-5-3-4-6-13/h11-13,15H,3-10H2,1-2H3,(H,16,17). The molecule has 17 heavy (non-hydrogen) atoms.